The molecule has 0 saturated heterocycles. The Hall–Kier alpha value is -0.500. The van der Waals surface area contributed by atoms with Gasteiger partial charge in [-0.1, -0.05) is 28.1 Å². The highest BCUT2D eigenvalue weighted by atomic mass is 79.9. The van der Waals surface area contributed by atoms with Crippen molar-refractivity contribution in [3.63, 3.8) is 0 Å². The maximum absolute atomic E-state index is 10.4. The number of aryl methyl sites for hydroxylation is 1. The van der Waals surface area contributed by atoms with Crippen LogP contribution < -0.4 is 0 Å². The van der Waals surface area contributed by atoms with E-state index in [1.54, 1.807) is 0 Å². The average Bonchev–Trinajstić information content (AvgIpc) is 2.41. The van der Waals surface area contributed by atoms with Crippen molar-refractivity contribution in [1.82, 2.24) is 0 Å². The van der Waals surface area contributed by atoms with Crippen LogP contribution in [0.1, 0.15) is 54.7 Å². The Bertz CT molecular complexity index is 508. The fourth-order valence-electron chi connectivity index (χ4n) is 5.65. The third kappa shape index (κ3) is 1.87. The largest absolute Gasteiger partial charge is 0.507 e. The molecule has 4 aliphatic rings. The predicted molar refractivity (Wildman–Crippen MR) is 85.3 cm³/mol. The molecule has 108 valence electrons. The minimum atomic E-state index is 0.521. The van der Waals surface area contributed by atoms with Gasteiger partial charge in [-0.25, -0.2) is 0 Å². The summed E-state index contributed by atoms with van der Waals surface area (Å²) in [6.45, 7) is 2.00. The number of halogens is 1. The summed E-state index contributed by atoms with van der Waals surface area (Å²) in [5.41, 5.74) is 3.60. The van der Waals surface area contributed by atoms with E-state index in [0.717, 1.165) is 40.1 Å². The Morgan fingerprint density at radius 2 is 1.65 bits per heavy atom. The summed E-state index contributed by atoms with van der Waals surface area (Å²) in [4.78, 5) is 0. The SMILES string of the molecule is Cc1ccc(C2C3CC4CC(C3)CC2C4)c(CBr)c1O. The molecule has 1 aromatic rings. The van der Waals surface area contributed by atoms with Gasteiger partial charge in [-0.15, -0.1) is 0 Å². The van der Waals surface area contributed by atoms with Crippen LogP contribution in [0.2, 0.25) is 0 Å². The maximum Gasteiger partial charge on any atom is 0.122 e. The van der Waals surface area contributed by atoms with Crippen molar-refractivity contribution < 1.29 is 5.11 Å². The third-order valence-electron chi connectivity index (χ3n) is 6.24. The maximum atomic E-state index is 10.4. The van der Waals surface area contributed by atoms with E-state index in [1.807, 2.05) is 6.92 Å². The number of rotatable bonds is 2. The van der Waals surface area contributed by atoms with Crippen LogP contribution in [-0.2, 0) is 5.33 Å². The Labute approximate surface area is 129 Å². The van der Waals surface area contributed by atoms with Crippen molar-refractivity contribution >= 4 is 15.9 Å². The fraction of sp³-hybridized carbons (Fsp3) is 0.667. The fourth-order valence-corrected chi connectivity index (χ4v) is 6.24. The Morgan fingerprint density at radius 3 is 2.20 bits per heavy atom. The van der Waals surface area contributed by atoms with Crippen LogP contribution in [0.5, 0.6) is 5.75 Å². The van der Waals surface area contributed by atoms with Crippen LogP contribution in [0.25, 0.3) is 0 Å². The van der Waals surface area contributed by atoms with Gasteiger partial charge in [0.2, 0.25) is 0 Å². The van der Waals surface area contributed by atoms with Gasteiger partial charge in [0.1, 0.15) is 5.75 Å². The highest BCUT2D eigenvalue weighted by Crippen LogP contribution is 2.60. The zero-order valence-corrected chi connectivity index (χ0v) is 13.7. The first-order valence-electron chi connectivity index (χ1n) is 8.04. The summed E-state index contributed by atoms with van der Waals surface area (Å²) in [7, 11) is 0. The van der Waals surface area contributed by atoms with E-state index in [1.165, 1.54) is 37.7 Å². The van der Waals surface area contributed by atoms with Gasteiger partial charge in [0.15, 0.2) is 0 Å². The summed E-state index contributed by atoms with van der Waals surface area (Å²) in [6, 6.07) is 4.42. The molecule has 2 heteroatoms. The van der Waals surface area contributed by atoms with E-state index in [2.05, 4.69) is 28.1 Å². The first-order valence-corrected chi connectivity index (χ1v) is 9.16. The van der Waals surface area contributed by atoms with E-state index in [-0.39, 0.29) is 0 Å². The molecule has 0 amide bonds. The molecule has 20 heavy (non-hydrogen) atoms. The van der Waals surface area contributed by atoms with Gasteiger partial charge in [-0.2, -0.15) is 0 Å². The van der Waals surface area contributed by atoms with Crippen molar-refractivity contribution in [2.24, 2.45) is 23.7 Å². The lowest BCUT2D eigenvalue weighted by atomic mass is 9.50. The molecule has 0 unspecified atom stereocenters. The van der Waals surface area contributed by atoms with Gasteiger partial charge in [0.25, 0.3) is 0 Å². The van der Waals surface area contributed by atoms with E-state index in [4.69, 9.17) is 0 Å². The first-order chi connectivity index (χ1) is 9.67. The van der Waals surface area contributed by atoms with E-state index in [9.17, 15) is 5.11 Å². The lowest BCUT2D eigenvalue weighted by Crippen LogP contribution is -2.44. The van der Waals surface area contributed by atoms with Crippen molar-refractivity contribution in [2.45, 2.75) is 50.3 Å². The van der Waals surface area contributed by atoms with Crippen LogP contribution in [0.3, 0.4) is 0 Å². The first kappa shape index (κ1) is 13.2. The molecule has 4 saturated carbocycles. The quantitative estimate of drug-likeness (QED) is 0.743. The van der Waals surface area contributed by atoms with E-state index in [0.29, 0.717) is 11.7 Å². The molecule has 4 fully saturated rings. The van der Waals surface area contributed by atoms with Crippen LogP contribution in [0.4, 0.5) is 0 Å². The van der Waals surface area contributed by atoms with E-state index < -0.39 is 0 Å². The predicted octanol–water partition coefficient (Wildman–Crippen LogP) is 5.14. The summed E-state index contributed by atoms with van der Waals surface area (Å²) >= 11 is 3.60. The van der Waals surface area contributed by atoms with Gasteiger partial charge < -0.3 is 5.11 Å². The Balaban J connectivity index is 1.76. The molecule has 0 aliphatic heterocycles. The zero-order valence-electron chi connectivity index (χ0n) is 12.1. The Kier molecular flexibility index (Phi) is 3.14. The molecule has 1 aromatic carbocycles. The molecule has 0 radical (unpaired) electrons. The minimum absolute atomic E-state index is 0.521. The van der Waals surface area contributed by atoms with Crippen LogP contribution >= 0.6 is 15.9 Å². The number of phenolic OH excluding ortho intramolecular Hbond substituents is 1. The number of benzene rings is 1. The second kappa shape index (κ2) is 4.76. The topological polar surface area (TPSA) is 20.2 Å². The van der Waals surface area contributed by atoms with Crippen LogP contribution in [0, 0.1) is 30.6 Å². The number of alkyl halides is 1. The highest BCUT2D eigenvalue weighted by Gasteiger charge is 2.49. The Morgan fingerprint density at radius 1 is 1.05 bits per heavy atom. The molecule has 0 atom stereocenters. The van der Waals surface area contributed by atoms with Crippen molar-refractivity contribution in [3.8, 4) is 5.75 Å². The van der Waals surface area contributed by atoms with Crippen molar-refractivity contribution in [1.29, 1.82) is 0 Å². The summed E-state index contributed by atoms with van der Waals surface area (Å²) in [5, 5.41) is 11.2. The zero-order chi connectivity index (χ0) is 13.9. The number of aromatic hydroxyl groups is 1. The monoisotopic (exact) mass is 334 g/mol. The standard InChI is InChI=1S/C18H23BrO/c1-10-2-3-15(16(9-19)18(10)20)17-13-5-11-4-12(7-13)8-14(17)6-11/h2-3,11-14,17,20H,4-9H2,1H3. The molecule has 4 bridgehead atoms. The molecule has 4 aliphatic carbocycles. The summed E-state index contributed by atoms with van der Waals surface area (Å²) < 4.78 is 0. The van der Waals surface area contributed by atoms with Gasteiger partial charge in [0.05, 0.1) is 0 Å². The lowest BCUT2D eigenvalue weighted by molar-refractivity contribution is -0.00305. The second-order valence-electron chi connectivity index (χ2n) is 7.39. The van der Waals surface area contributed by atoms with Crippen molar-refractivity contribution in [3.05, 3.63) is 28.8 Å². The second-order valence-corrected chi connectivity index (χ2v) is 7.95. The van der Waals surface area contributed by atoms with Gasteiger partial charge in [0, 0.05) is 10.9 Å². The minimum Gasteiger partial charge on any atom is -0.507 e. The summed E-state index contributed by atoms with van der Waals surface area (Å²) in [6.07, 6.45) is 7.26. The molecular weight excluding hydrogens is 312 g/mol. The molecule has 1 N–H and O–H groups in total. The third-order valence-corrected chi connectivity index (χ3v) is 6.80. The smallest absolute Gasteiger partial charge is 0.122 e. The van der Waals surface area contributed by atoms with Crippen LogP contribution in [-0.4, -0.2) is 5.11 Å². The van der Waals surface area contributed by atoms with Gasteiger partial charge in [-0.05, 0) is 79.7 Å². The normalized spacial score (nSPS) is 38.4. The highest BCUT2D eigenvalue weighted by molar-refractivity contribution is 9.08. The number of hydrogen-bond acceptors (Lipinski definition) is 1. The molecule has 1 nitrogen and oxygen atoms in total. The molecule has 0 spiro atoms. The number of phenols is 1. The molecular formula is C18H23BrO. The van der Waals surface area contributed by atoms with Gasteiger partial charge in [-0.3, -0.25) is 0 Å². The van der Waals surface area contributed by atoms with Gasteiger partial charge >= 0.3 is 0 Å². The molecule has 5 rings (SSSR count). The molecule has 0 heterocycles. The average molecular weight is 335 g/mol. The number of hydrogen-bond donors (Lipinski definition) is 1. The summed E-state index contributed by atoms with van der Waals surface area (Å²) in [5.74, 6) is 5.02. The lowest BCUT2D eigenvalue weighted by Gasteiger charge is -2.55. The van der Waals surface area contributed by atoms with Crippen LogP contribution in [0.15, 0.2) is 12.1 Å². The van der Waals surface area contributed by atoms with E-state index >= 15 is 0 Å². The molecule has 0 aromatic heterocycles. The van der Waals surface area contributed by atoms with Crippen molar-refractivity contribution in [2.75, 3.05) is 0 Å².